The third-order valence-corrected chi connectivity index (χ3v) is 7.18. The quantitative estimate of drug-likeness (QED) is 0.420. The molecule has 0 bridgehead atoms. The first-order valence-electron chi connectivity index (χ1n) is 12.1. The molecule has 5 heteroatoms. The van der Waals surface area contributed by atoms with E-state index in [1.54, 1.807) is 12.0 Å². The molecule has 1 atom stereocenters. The van der Waals surface area contributed by atoms with Crippen LogP contribution in [0.1, 0.15) is 43.2 Å². The number of methoxy groups -OCH3 is 1. The number of hydrogen-bond acceptors (Lipinski definition) is 4. The number of para-hydroxylation sites is 1. The van der Waals surface area contributed by atoms with Gasteiger partial charge < -0.3 is 14.1 Å². The van der Waals surface area contributed by atoms with Crippen LogP contribution in [0, 0.1) is 0 Å². The number of amides is 1. The number of carbonyl (C=O) groups excluding carboxylic acids is 1. The maximum absolute atomic E-state index is 12.0. The van der Waals surface area contributed by atoms with Gasteiger partial charge in [-0.1, -0.05) is 30.7 Å². The SMILES string of the molecule is COc1ccccc1CCCN(C=O)c1ccc2occ(C3=CCN4CCCCC4C3)c2c1. The van der Waals surface area contributed by atoms with Crippen molar-refractivity contribution in [2.24, 2.45) is 0 Å². The van der Waals surface area contributed by atoms with E-state index in [2.05, 4.69) is 23.1 Å². The van der Waals surface area contributed by atoms with Crippen molar-refractivity contribution >= 4 is 28.6 Å². The highest BCUT2D eigenvalue weighted by molar-refractivity contribution is 5.94. The molecule has 1 amide bonds. The van der Waals surface area contributed by atoms with Crippen LogP contribution < -0.4 is 9.64 Å². The second-order valence-electron chi connectivity index (χ2n) is 9.12. The second kappa shape index (κ2) is 9.84. The van der Waals surface area contributed by atoms with E-state index in [0.717, 1.165) is 54.6 Å². The van der Waals surface area contributed by atoms with Gasteiger partial charge >= 0.3 is 0 Å². The van der Waals surface area contributed by atoms with Gasteiger partial charge in [0.2, 0.25) is 6.41 Å². The molecule has 3 aromatic rings. The molecule has 0 spiro atoms. The maximum atomic E-state index is 12.0. The van der Waals surface area contributed by atoms with Crippen molar-refractivity contribution in [3.63, 3.8) is 0 Å². The third-order valence-electron chi connectivity index (χ3n) is 7.18. The average molecular weight is 445 g/mol. The lowest BCUT2D eigenvalue weighted by molar-refractivity contribution is -0.107. The van der Waals surface area contributed by atoms with Crippen LogP contribution in [0.3, 0.4) is 0 Å². The Bertz CT molecular complexity index is 1150. The van der Waals surface area contributed by atoms with Crippen molar-refractivity contribution < 1.29 is 13.9 Å². The van der Waals surface area contributed by atoms with Gasteiger partial charge in [0.05, 0.1) is 13.4 Å². The van der Waals surface area contributed by atoms with Crippen LogP contribution in [0.15, 0.2) is 59.2 Å². The van der Waals surface area contributed by atoms with Crippen LogP contribution in [0.5, 0.6) is 5.75 Å². The lowest BCUT2D eigenvalue weighted by Gasteiger charge is -2.38. The van der Waals surface area contributed by atoms with E-state index in [1.165, 1.54) is 42.5 Å². The van der Waals surface area contributed by atoms with Gasteiger partial charge in [-0.2, -0.15) is 0 Å². The molecule has 0 N–H and O–H groups in total. The van der Waals surface area contributed by atoms with Crippen molar-refractivity contribution in [3.8, 4) is 5.75 Å². The van der Waals surface area contributed by atoms with Gasteiger partial charge in [-0.25, -0.2) is 0 Å². The van der Waals surface area contributed by atoms with Gasteiger partial charge in [-0.15, -0.1) is 0 Å². The number of anilines is 1. The van der Waals surface area contributed by atoms with Crippen LogP contribution in [-0.2, 0) is 11.2 Å². The highest BCUT2D eigenvalue weighted by atomic mass is 16.5. The fraction of sp³-hybridized carbons (Fsp3) is 0.393. The van der Waals surface area contributed by atoms with Gasteiger partial charge in [0.15, 0.2) is 0 Å². The zero-order chi connectivity index (χ0) is 22.6. The van der Waals surface area contributed by atoms with E-state index in [1.807, 2.05) is 36.6 Å². The summed E-state index contributed by atoms with van der Waals surface area (Å²) in [5, 5.41) is 1.10. The summed E-state index contributed by atoms with van der Waals surface area (Å²) in [6, 6.07) is 14.8. The van der Waals surface area contributed by atoms with Gasteiger partial charge in [0, 0.05) is 35.8 Å². The van der Waals surface area contributed by atoms with E-state index in [4.69, 9.17) is 9.15 Å². The molecule has 1 unspecified atom stereocenters. The smallest absolute Gasteiger partial charge is 0.214 e. The van der Waals surface area contributed by atoms with Crippen molar-refractivity contribution in [1.82, 2.24) is 4.90 Å². The average Bonchev–Trinajstić information content (AvgIpc) is 3.30. The fourth-order valence-electron chi connectivity index (χ4n) is 5.35. The first kappa shape index (κ1) is 21.8. The number of furan rings is 1. The zero-order valence-electron chi connectivity index (χ0n) is 19.3. The van der Waals surface area contributed by atoms with Crippen molar-refractivity contribution in [3.05, 3.63) is 65.9 Å². The minimum atomic E-state index is 0.647. The number of nitrogens with zero attached hydrogens (tertiary/aromatic N) is 2. The molecule has 0 radical (unpaired) electrons. The molecule has 2 aliphatic rings. The lowest BCUT2D eigenvalue weighted by atomic mass is 9.89. The number of carbonyl (C=O) groups is 1. The van der Waals surface area contributed by atoms with Crippen molar-refractivity contribution in [2.75, 3.05) is 31.6 Å². The number of fused-ring (bicyclic) bond motifs is 2. The van der Waals surface area contributed by atoms with Crippen LogP contribution in [0.4, 0.5) is 5.69 Å². The van der Waals surface area contributed by atoms with Gasteiger partial charge in [0.1, 0.15) is 11.3 Å². The molecular weight excluding hydrogens is 412 g/mol. The molecule has 2 aliphatic heterocycles. The topological polar surface area (TPSA) is 45.9 Å². The van der Waals surface area contributed by atoms with E-state index < -0.39 is 0 Å². The summed E-state index contributed by atoms with van der Waals surface area (Å²) < 4.78 is 11.4. The molecular formula is C28H32N2O3. The molecule has 5 rings (SSSR count). The Hall–Kier alpha value is -3.05. The molecule has 5 nitrogen and oxygen atoms in total. The van der Waals surface area contributed by atoms with E-state index >= 15 is 0 Å². The summed E-state index contributed by atoms with van der Waals surface area (Å²) in [5.74, 6) is 0.900. The Morgan fingerprint density at radius 3 is 3.00 bits per heavy atom. The maximum Gasteiger partial charge on any atom is 0.214 e. The largest absolute Gasteiger partial charge is 0.496 e. The number of benzene rings is 2. The summed E-state index contributed by atoms with van der Waals surface area (Å²) in [6.07, 6.45) is 11.9. The first-order valence-corrected chi connectivity index (χ1v) is 12.1. The minimum Gasteiger partial charge on any atom is -0.496 e. The van der Waals surface area contributed by atoms with Crippen molar-refractivity contribution in [2.45, 2.75) is 44.6 Å². The standard InChI is InChI=1S/C28H32N2O3/c1-32-27-10-3-2-7-21(27)8-6-15-30(20-31)24-11-12-28-25(18-24)26(19-33-28)22-13-16-29-14-5-4-9-23(29)17-22/h2-3,7,10-13,18-20,23H,4-6,8-9,14-17H2,1H3. The Kier molecular flexibility index (Phi) is 6.49. The number of rotatable bonds is 8. The number of ether oxygens (including phenoxy) is 1. The highest BCUT2D eigenvalue weighted by Crippen LogP contribution is 2.37. The van der Waals surface area contributed by atoms with Gasteiger partial charge in [-0.05, 0) is 74.1 Å². The summed E-state index contributed by atoms with van der Waals surface area (Å²) in [4.78, 5) is 16.4. The van der Waals surface area contributed by atoms with E-state index in [9.17, 15) is 4.79 Å². The Morgan fingerprint density at radius 2 is 2.12 bits per heavy atom. The first-order chi connectivity index (χ1) is 16.3. The summed E-state index contributed by atoms with van der Waals surface area (Å²) in [6.45, 7) is 2.89. The monoisotopic (exact) mass is 444 g/mol. The minimum absolute atomic E-state index is 0.647. The number of aryl methyl sites for hydroxylation is 1. The Labute approximate surface area is 195 Å². The van der Waals surface area contributed by atoms with Crippen LogP contribution >= 0.6 is 0 Å². The second-order valence-corrected chi connectivity index (χ2v) is 9.12. The molecule has 0 saturated carbocycles. The normalized spacial score (nSPS) is 18.6. The summed E-state index contributed by atoms with van der Waals surface area (Å²) in [7, 11) is 1.70. The zero-order valence-corrected chi connectivity index (χ0v) is 19.3. The van der Waals surface area contributed by atoms with E-state index in [-0.39, 0.29) is 0 Å². The Balaban J connectivity index is 1.33. The summed E-state index contributed by atoms with van der Waals surface area (Å²) in [5.41, 5.74) is 5.51. The molecule has 33 heavy (non-hydrogen) atoms. The predicted molar refractivity (Wildman–Crippen MR) is 133 cm³/mol. The predicted octanol–water partition coefficient (Wildman–Crippen LogP) is 5.68. The number of hydrogen-bond donors (Lipinski definition) is 0. The Morgan fingerprint density at radius 1 is 1.21 bits per heavy atom. The van der Waals surface area contributed by atoms with Crippen LogP contribution in [0.2, 0.25) is 0 Å². The highest BCUT2D eigenvalue weighted by Gasteiger charge is 2.27. The molecule has 172 valence electrons. The lowest BCUT2D eigenvalue weighted by Crippen LogP contribution is -2.41. The van der Waals surface area contributed by atoms with E-state index in [0.29, 0.717) is 12.6 Å². The molecule has 1 saturated heterocycles. The molecule has 1 aromatic heterocycles. The van der Waals surface area contributed by atoms with Gasteiger partial charge in [0.25, 0.3) is 0 Å². The third kappa shape index (κ3) is 4.55. The summed E-state index contributed by atoms with van der Waals surface area (Å²) >= 11 is 0. The number of piperidine rings is 1. The molecule has 1 fully saturated rings. The molecule has 2 aromatic carbocycles. The fourth-order valence-corrected chi connectivity index (χ4v) is 5.35. The van der Waals surface area contributed by atoms with Crippen LogP contribution in [0.25, 0.3) is 16.5 Å². The van der Waals surface area contributed by atoms with Crippen LogP contribution in [-0.4, -0.2) is 44.1 Å². The molecule has 0 aliphatic carbocycles. The van der Waals surface area contributed by atoms with Gasteiger partial charge in [-0.3, -0.25) is 9.69 Å². The van der Waals surface area contributed by atoms with Crippen molar-refractivity contribution in [1.29, 1.82) is 0 Å². The molecule has 3 heterocycles.